The predicted molar refractivity (Wildman–Crippen MR) is 76.4 cm³/mol. The summed E-state index contributed by atoms with van der Waals surface area (Å²) in [5.74, 6) is 1.91. The summed E-state index contributed by atoms with van der Waals surface area (Å²) in [6.07, 6.45) is 3.40. The largest absolute Gasteiger partial charge is 0.377 e. The molecule has 0 aromatic carbocycles. The number of ether oxygens (including phenoxy) is 1. The van der Waals surface area contributed by atoms with Gasteiger partial charge in [-0.2, -0.15) is 0 Å². The molecule has 0 saturated carbocycles. The summed E-state index contributed by atoms with van der Waals surface area (Å²) in [4.78, 5) is 11.3. The highest BCUT2D eigenvalue weighted by atomic mass is 16.5. The molecule has 0 amide bonds. The van der Waals surface area contributed by atoms with Gasteiger partial charge in [-0.3, -0.25) is 0 Å². The number of rotatable bonds is 5. The van der Waals surface area contributed by atoms with Gasteiger partial charge in [-0.1, -0.05) is 6.92 Å². The molecule has 1 aliphatic heterocycles. The zero-order valence-corrected chi connectivity index (χ0v) is 11.9. The molecule has 5 nitrogen and oxygen atoms in total. The van der Waals surface area contributed by atoms with Gasteiger partial charge < -0.3 is 15.4 Å². The van der Waals surface area contributed by atoms with E-state index in [2.05, 4.69) is 27.9 Å². The predicted octanol–water partition coefficient (Wildman–Crippen LogP) is 1.29. The van der Waals surface area contributed by atoms with Crippen LogP contribution in [0.2, 0.25) is 0 Å². The lowest BCUT2D eigenvalue weighted by Gasteiger charge is -2.32. The van der Waals surface area contributed by atoms with Gasteiger partial charge >= 0.3 is 0 Å². The van der Waals surface area contributed by atoms with Crippen molar-refractivity contribution in [3.8, 4) is 0 Å². The van der Waals surface area contributed by atoms with Gasteiger partial charge in [0.1, 0.15) is 11.6 Å². The molecule has 0 spiro atoms. The van der Waals surface area contributed by atoms with Crippen molar-refractivity contribution < 1.29 is 4.74 Å². The Morgan fingerprint density at radius 1 is 1.37 bits per heavy atom. The van der Waals surface area contributed by atoms with E-state index in [1.165, 1.54) is 0 Å². The third kappa shape index (κ3) is 3.88. The lowest BCUT2D eigenvalue weighted by atomic mass is 10.1. The minimum absolute atomic E-state index is 0.355. The molecule has 0 atom stereocenters. The third-order valence-electron chi connectivity index (χ3n) is 3.48. The van der Waals surface area contributed by atoms with Crippen molar-refractivity contribution in [3.63, 3.8) is 0 Å². The Bertz CT molecular complexity index is 402. The number of hydrogen-bond acceptors (Lipinski definition) is 5. The van der Waals surface area contributed by atoms with Crippen molar-refractivity contribution in [3.05, 3.63) is 17.6 Å². The summed E-state index contributed by atoms with van der Waals surface area (Å²) in [6.45, 7) is 7.34. The van der Waals surface area contributed by atoms with Crippen LogP contribution in [0.4, 0.5) is 5.82 Å². The van der Waals surface area contributed by atoms with Crippen molar-refractivity contribution >= 4 is 5.82 Å². The average molecular weight is 264 g/mol. The molecule has 2 heterocycles. The van der Waals surface area contributed by atoms with Gasteiger partial charge in [0.2, 0.25) is 0 Å². The number of aryl methyl sites for hydroxylation is 2. The summed E-state index contributed by atoms with van der Waals surface area (Å²) in [5.41, 5.74) is 6.58. The minimum atomic E-state index is 0.355. The first-order valence-corrected chi connectivity index (χ1v) is 7.14. The van der Waals surface area contributed by atoms with Crippen molar-refractivity contribution in [2.75, 3.05) is 31.1 Å². The SMILES string of the molecule is CCc1cc(N2CCC(OCCN)CC2)nc(C)n1. The van der Waals surface area contributed by atoms with Crippen molar-refractivity contribution in [2.24, 2.45) is 5.73 Å². The summed E-state index contributed by atoms with van der Waals surface area (Å²) in [7, 11) is 0. The topological polar surface area (TPSA) is 64.3 Å². The molecule has 106 valence electrons. The van der Waals surface area contributed by atoms with Crippen LogP contribution >= 0.6 is 0 Å². The average Bonchev–Trinajstić information content (AvgIpc) is 2.45. The first-order valence-electron chi connectivity index (χ1n) is 7.14. The van der Waals surface area contributed by atoms with Crippen LogP contribution in [-0.4, -0.2) is 42.3 Å². The van der Waals surface area contributed by atoms with Gasteiger partial charge in [0.25, 0.3) is 0 Å². The minimum Gasteiger partial charge on any atom is -0.377 e. The number of aromatic nitrogens is 2. The van der Waals surface area contributed by atoms with Crippen LogP contribution in [0.15, 0.2) is 6.07 Å². The Morgan fingerprint density at radius 3 is 2.74 bits per heavy atom. The molecular formula is C14H24N4O. The molecule has 1 fully saturated rings. The van der Waals surface area contributed by atoms with E-state index in [1.54, 1.807) is 0 Å². The van der Waals surface area contributed by atoms with E-state index in [-0.39, 0.29) is 0 Å². The molecule has 0 radical (unpaired) electrons. The highest BCUT2D eigenvalue weighted by Gasteiger charge is 2.20. The van der Waals surface area contributed by atoms with Crippen LogP contribution < -0.4 is 10.6 Å². The fourth-order valence-electron chi connectivity index (χ4n) is 2.44. The van der Waals surface area contributed by atoms with E-state index >= 15 is 0 Å². The number of hydrogen-bond donors (Lipinski definition) is 1. The molecule has 1 aromatic heterocycles. The van der Waals surface area contributed by atoms with Gasteiger partial charge in [-0.15, -0.1) is 0 Å². The molecule has 2 N–H and O–H groups in total. The van der Waals surface area contributed by atoms with Crippen molar-refractivity contribution in [2.45, 2.75) is 39.2 Å². The molecule has 1 aromatic rings. The summed E-state index contributed by atoms with van der Waals surface area (Å²) >= 11 is 0. The standard InChI is InChI=1S/C14H24N4O/c1-3-12-10-14(17-11(2)16-12)18-7-4-13(5-8-18)19-9-6-15/h10,13H,3-9,15H2,1-2H3. The number of piperidine rings is 1. The highest BCUT2D eigenvalue weighted by molar-refractivity contribution is 5.40. The van der Waals surface area contributed by atoms with Gasteiger partial charge in [-0.05, 0) is 26.2 Å². The first-order chi connectivity index (χ1) is 9.22. The Balaban J connectivity index is 1.95. The Hall–Kier alpha value is -1.20. The van der Waals surface area contributed by atoms with Crippen LogP contribution in [0.5, 0.6) is 0 Å². The Morgan fingerprint density at radius 2 is 2.11 bits per heavy atom. The maximum Gasteiger partial charge on any atom is 0.132 e. The van der Waals surface area contributed by atoms with E-state index in [1.807, 2.05) is 6.92 Å². The Labute approximate surface area is 115 Å². The molecule has 1 aliphatic rings. The maximum atomic E-state index is 5.70. The van der Waals surface area contributed by atoms with Crippen LogP contribution in [0.3, 0.4) is 0 Å². The molecule has 0 unspecified atom stereocenters. The molecule has 1 saturated heterocycles. The van der Waals surface area contributed by atoms with Crippen LogP contribution in [0, 0.1) is 6.92 Å². The van der Waals surface area contributed by atoms with Crippen molar-refractivity contribution in [1.29, 1.82) is 0 Å². The molecule has 0 bridgehead atoms. The normalized spacial score (nSPS) is 16.9. The highest BCUT2D eigenvalue weighted by Crippen LogP contribution is 2.20. The molecule has 19 heavy (non-hydrogen) atoms. The number of nitrogens with two attached hydrogens (primary N) is 1. The monoisotopic (exact) mass is 264 g/mol. The van der Waals surface area contributed by atoms with Gasteiger partial charge in [0.15, 0.2) is 0 Å². The van der Waals surface area contributed by atoms with E-state index in [0.717, 1.165) is 49.7 Å². The van der Waals surface area contributed by atoms with Gasteiger partial charge in [0, 0.05) is 31.4 Å². The van der Waals surface area contributed by atoms with Crippen LogP contribution in [0.1, 0.15) is 31.3 Å². The maximum absolute atomic E-state index is 5.70. The molecular weight excluding hydrogens is 240 g/mol. The lowest BCUT2D eigenvalue weighted by Crippen LogP contribution is -2.38. The summed E-state index contributed by atoms with van der Waals surface area (Å²) in [6, 6.07) is 2.11. The van der Waals surface area contributed by atoms with E-state index in [9.17, 15) is 0 Å². The smallest absolute Gasteiger partial charge is 0.132 e. The lowest BCUT2D eigenvalue weighted by molar-refractivity contribution is 0.0421. The first kappa shape index (κ1) is 14.2. The molecule has 2 rings (SSSR count). The third-order valence-corrected chi connectivity index (χ3v) is 3.48. The second kappa shape index (κ2) is 6.82. The molecule has 5 heteroatoms. The molecule has 0 aliphatic carbocycles. The quantitative estimate of drug-likeness (QED) is 0.868. The fourth-order valence-corrected chi connectivity index (χ4v) is 2.44. The fraction of sp³-hybridized carbons (Fsp3) is 0.714. The van der Waals surface area contributed by atoms with E-state index < -0.39 is 0 Å². The number of nitrogens with zero attached hydrogens (tertiary/aromatic N) is 3. The van der Waals surface area contributed by atoms with Gasteiger partial charge in [-0.25, -0.2) is 9.97 Å². The summed E-state index contributed by atoms with van der Waals surface area (Å²) in [5, 5.41) is 0. The van der Waals surface area contributed by atoms with E-state index in [4.69, 9.17) is 10.5 Å². The zero-order chi connectivity index (χ0) is 13.7. The number of anilines is 1. The summed E-state index contributed by atoms with van der Waals surface area (Å²) < 4.78 is 5.70. The second-order valence-electron chi connectivity index (χ2n) is 4.96. The van der Waals surface area contributed by atoms with Crippen LogP contribution in [-0.2, 0) is 11.2 Å². The Kier molecular flexibility index (Phi) is 5.10. The van der Waals surface area contributed by atoms with Gasteiger partial charge in [0.05, 0.1) is 12.7 Å². The second-order valence-corrected chi connectivity index (χ2v) is 4.96. The zero-order valence-electron chi connectivity index (χ0n) is 11.9. The van der Waals surface area contributed by atoms with Crippen LogP contribution in [0.25, 0.3) is 0 Å². The van der Waals surface area contributed by atoms with Crippen molar-refractivity contribution in [1.82, 2.24) is 9.97 Å². The van der Waals surface area contributed by atoms with E-state index in [0.29, 0.717) is 19.3 Å².